The average Bonchev–Trinajstić information content (AvgIpc) is 2.75. The zero-order valence-electron chi connectivity index (χ0n) is 10.7. The van der Waals surface area contributed by atoms with Crippen LogP contribution in [0.4, 0.5) is 5.69 Å². The number of likely N-dealkylation sites (N-methyl/N-ethyl adjacent to an activating group) is 1. The lowest BCUT2D eigenvalue weighted by molar-refractivity contribution is 0.0606. The molecule has 0 amide bonds. The number of rotatable bonds is 4. The van der Waals surface area contributed by atoms with Crippen molar-refractivity contribution in [3.63, 3.8) is 0 Å². The molecule has 0 saturated carbocycles. The second-order valence-electron chi connectivity index (χ2n) is 4.90. The standard InChI is InChI=1S/C14H22N2O/c1-11-6-7-14(17-11)10-16(2)13-5-3-4-12(8-13)9-15/h3-5,8,11,14H,6-7,9-10,15H2,1-2H3. The Morgan fingerprint density at radius 1 is 1.41 bits per heavy atom. The van der Waals surface area contributed by atoms with Gasteiger partial charge < -0.3 is 15.4 Å². The molecule has 1 aromatic rings. The van der Waals surface area contributed by atoms with Crippen molar-refractivity contribution in [2.24, 2.45) is 5.73 Å². The van der Waals surface area contributed by atoms with Crippen LogP contribution in [0.3, 0.4) is 0 Å². The van der Waals surface area contributed by atoms with Crippen LogP contribution in [0.5, 0.6) is 0 Å². The third-order valence-corrected chi connectivity index (χ3v) is 3.38. The normalized spacial score (nSPS) is 23.9. The lowest BCUT2D eigenvalue weighted by atomic mass is 10.1. The van der Waals surface area contributed by atoms with Gasteiger partial charge in [-0.25, -0.2) is 0 Å². The van der Waals surface area contributed by atoms with E-state index in [1.54, 1.807) is 0 Å². The molecular weight excluding hydrogens is 212 g/mol. The number of nitrogens with two attached hydrogens (primary N) is 1. The summed E-state index contributed by atoms with van der Waals surface area (Å²) >= 11 is 0. The average molecular weight is 234 g/mol. The molecule has 2 atom stereocenters. The molecule has 3 heteroatoms. The van der Waals surface area contributed by atoms with Gasteiger partial charge in [-0.1, -0.05) is 12.1 Å². The summed E-state index contributed by atoms with van der Waals surface area (Å²) in [6.07, 6.45) is 3.14. The van der Waals surface area contributed by atoms with E-state index in [-0.39, 0.29) is 0 Å². The van der Waals surface area contributed by atoms with Crippen molar-refractivity contribution in [1.82, 2.24) is 0 Å². The molecule has 1 aliphatic rings. The third-order valence-electron chi connectivity index (χ3n) is 3.38. The summed E-state index contributed by atoms with van der Waals surface area (Å²) in [6.45, 7) is 3.70. The van der Waals surface area contributed by atoms with Gasteiger partial charge in [0.1, 0.15) is 0 Å². The number of benzene rings is 1. The van der Waals surface area contributed by atoms with Gasteiger partial charge in [-0.15, -0.1) is 0 Å². The summed E-state index contributed by atoms with van der Waals surface area (Å²) in [7, 11) is 2.11. The van der Waals surface area contributed by atoms with E-state index >= 15 is 0 Å². The molecule has 3 nitrogen and oxygen atoms in total. The minimum absolute atomic E-state index is 0.372. The minimum atomic E-state index is 0.372. The summed E-state index contributed by atoms with van der Waals surface area (Å²) < 4.78 is 5.84. The van der Waals surface area contributed by atoms with Crippen LogP contribution >= 0.6 is 0 Å². The number of ether oxygens (including phenoxy) is 1. The second kappa shape index (κ2) is 5.52. The van der Waals surface area contributed by atoms with E-state index in [9.17, 15) is 0 Å². The zero-order valence-corrected chi connectivity index (χ0v) is 10.7. The van der Waals surface area contributed by atoms with Gasteiger partial charge in [-0.3, -0.25) is 0 Å². The van der Waals surface area contributed by atoms with E-state index in [0.29, 0.717) is 18.8 Å². The Balaban J connectivity index is 1.96. The van der Waals surface area contributed by atoms with Gasteiger partial charge in [0.15, 0.2) is 0 Å². The number of anilines is 1. The maximum absolute atomic E-state index is 5.84. The molecule has 0 radical (unpaired) electrons. The summed E-state index contributed by atoms with van der Waals surface area (Å²) in [4.78, 5) is 2.25. The molecule has 0 aromatic heterocycles. The molecular formula is C14H22N2O. The zero-order chi connectivity index (χ0) is 12.3. The molecule has 2 rings (SSSR count). The summed E-state index contributed by atoms with van der Waals surface area (Å²) in [5.41, 5.74) is 8.05. The van der Waals surface area contributed by atoms with Crippen LogP contribution in [0.15, 0.2) is 24.3 Å². The number of hydrogen-bond acceptors (Lipinski definition) is 3. The molecule has 2 N–H and O–H groups in total. The molecule has 0 aliphatic carbocycles. The maximum atomic E-state index is 5.84. The fourth-order valence-electron chi connectivity index (χ4n) is 2.35. The van der Waals surface area contributed by atoms with Crippen molar-refractivity contribution < 1.29 is 4.74 Å². The molecule has 0 spiro atoms. The quantitative estimate of drug-likeness (QED) is 0.867. The molecule has 2 unspecified atom stereocenters. The molecule has 1 heterocycles. The van der Waals surface area contributed by atoms with Gasteiger partial charge in [-0.05, 0) is 37.5 Å². The van der Waals surface area contributed by atoms with Crippen LogP contribution in [0.1, 0.15) is 25.3 Å². The van der Waals surface area contributed by atoms with Gasteiger partial charge in [0.25, 0.3) is 0 Å². The Morgan fingerprint density at radius 2 is 2.24 bits per heavy atom. The maximum Gasteiger partial charge on any atom is 0.0754 e. The highest BCUT2D eigenvalue weighted by molar-refractivity contribution is 5.48. The topological polar surface area (TPSA) is 38.5 Å². The highest BCUT2D eigenvalue weighted by atomic mass is 16.5. The van der Waals surface area contributed by atoms with Crippen LogP contribution in [-0.4, -0.2) is 25.8 Å². The molecule has 17 heavy (non-hydrogen) atoms. The van der Waals surface area contributed by atoms with Crippen LogP contribution in [-0.2, 0) is 11.3 Å². The summed E-state index contributed by atoms with van der Waals surface area (Å²) in [5.74, 6) is 0. The number of nitrogens with zero attached hydrogens (tertiary/aromatic N) is 1. The fourth-order valence-corrected chi connectivity index (χ4v) is 2.35. The Bertz CT molecular complexity index is 367. The Morgan fingerprint density at radius 3 is 2.88 bits per heavy atom. The number of hydrogen-bond donors (Lipinski definition) is 1. The highest BCUT2D eigenvalue weighted by Gasteiger charge is 2.22. The van der Waals surface area contributed by atoms with E-state index in [1.165, 1.54) is 24.1 Å². The molecule has 0 bridgehead atoms. The van der Waals surface area contributed by atoms with E-state index in [2.05, 4.69) is 43.1 Å². The molecule has 1 fully saturated rings. The first-order chi connectivity index (χ1) is 8.19. The Labute approximate surface area is 104 Å². The lowest BCUT2D eigenvalue weighted by Gasteiger charge is -2.23. The smallest absolute Gasteiger partial charge is 0.0754 e. The van der Waals surface area contributed by atoms with Crippen molar-refractivity contribution in [3.8, 4) is 0 Å². The van der Waals surface area contributed by atoms with Gasteiger partial charge in [0, 0.05) is 25.8 Å². The monoisotopic (exact) mass is 234 g/mol. The Hall–Kier alpha value is -1.06. The van der Waals surface area contributed by atoms with Crippen molar-refractivity contribution in [1.29, 1.82) is 0 Å². The first kappa shape index (κ1) is 12.4. The minimum Gasteiger partial charge on any atom is -0.373 e. The van der Waals surface area contributed by atoms with Crippen LogP contribution < -0.4 is 10.6 Å². The van der Waals surface area contributed by atoms with Crippen LogP contribution in [0, 0.1) is 0 Å². The van der Waals surface area contributed by atoms with E-state index in [1.807, 2.05) is 0 Å². The van der Waals surface area contributed by atoms with Crippen molar-refractivity contribution in [2.45, 2.75) is 38.5 Å². The van der Waals surface area contributed by atoms with Gasteiger partial charge in [0.05, 0.1) is 12.2 Å². The van der Waals surface area contributed by atoms with Gasteiger partial charge in [0.2, 0.25) is 0 Å². The third kappa shape index (κ3) is 3.20. The lowest BCUT2D eigenvalue weighted by Crippen LogP contribution is -2.29. The predicted octanol–water partition coefficient (Wildman–Crippen LogP) is 2.15. The molecule has 1 aromatic carbocycles. The second-order valence-corrected chi connectivity index (χ2v) is 4.90. The van der Waals surface area contributed by atoms with Gasteiger partial charge in [-0.2, -0.15) is 0 Å². The van der Waals surface area contributed by atoms with E-state index in [4.69, 9.17) is 10.5 Å². The van der Waals surface area contributed by atoms with Crippen molar-refractivity contribution >= 4 is 5.69 Å². The SMILES string of the molecule is CC1CCC(CN(C)c2cccc(CN)c2)O1. The fraction of sp³-hybridized carbons (Fsp3) is 0.571. The van der Waals surface area contributed by atoms with Crippen LogP contribution in [0.25, 0.3) is 0 Å². The van der Waals surface area contributed by atoms with Crippen molar-refractivity contribution in [3.05, 3.63) is 29.8 Å². The van der Waals surface area contributed by atoms with Crippen molar-refractivity contribution in [2.75, 3.05) is 18.5 Å². The van der Waals surface area contributed by atoms with Gasteiger partial charge >= 0.3 is 0 Å². The highest BCUT2D eigenvalue weighted by Crippen LogP contribution is 2.22. The summed E-state index contributed by atoms with van der Waals surface area (Å²) in [5, 5.41) is 0. The van der Waals surface area contributed by atoms with Crippen LogP contribution in [0.2, 0.25) is 0 Å². The predicted molar refractivity (Wildman–Crippen MR) is 71.2 cm³/mol. The Kier molecular flexibility index (Phi) is 4.02. The molecule has 1 aliphatic heterocycles. The first-order valence-electron chi connectivity index (χ1n) is 6.34. The molecule has 94 valence electrons. The van der Waals surface area contributed by atoms with E-state index < -0.39 is 0 Å². The van der Waals surface area contributed by atoms with E-state index in [0.717, 1.165) is 6.54 Å². The largest absolute Gasteiger partial charge is 0.373 e. The molecule has 1 saturated heterocycles. The summed E-state index contributed by atoms with van der Waals surface area (Å²) in [6, 6.07) is 8.40. The first-order valence-corrected chi connectivity index (χ1v) is 6.34.